The molecular weight excluding hydrogens is 292 g/mol. The predicted molar refractivity (Wildman–Crippen MR) is 97.3 cm³/mol. The Labute approximate surface area is 143 Å². The van der Waals surface area contributed by atoms with Crippen LogP contribution in [0.15, 0.2) is 65.1 Å². The van der Waals surface area contributed by atoms with Crippen LogP contribution in [0.1, 0.15) is 53.5 Å². The van der Waals surface area contributed by atoms with Crippen LogP contribution in [0.2, 0.25) is 0 Å². The van der Waals surface area contributed by atoms with Crippen LogP contribution >= 0.6 is 0 Å². The zero-order chi connectivity index (χ0) is 15.9. The van der Waals surface area contributed by atoms with Gasteiger partial charge in [0, 0.05) is 17.0 Å². The highest BCUT2D eigenvalue weighted by Crippen LogP contribution is 2.57. The van der Waals surface area contributed by atoms with E-state index in [-0.39, 0.29) is 0 Å². The van der Waals surface area contributed by atoms with Crippen molar-refractivity contribution in [2.75, 3.05) is 0 Å². The second kappa shape index (κ2) is 5.66. The van der Waals surface area contributed by atoms with Crippen LogP contribution in [0.3, 0.4) is 0 Å². The quantitative estimate of drug-likeness (QED) is 0.569. The van der Waals surface area contributed by atoms with Crippen molar-refractivity contribution in [2.24, 2.45) is 0 Å². The van der Waals surface area contributed by atoms with E-state index < -0.39 is 0 Å². The molecule has 0 unspecified atom stereocenters. The van der Waals surface area contributed by atoms with E-state index in [1.807, 2.05) is 0 Å². The van der Waals surface area contributed by atoms with Crippen LogP contribution < -0.4 is 0 Å². The summed E-state index contributed by atoms with van der Waals surface area (Å²) in [5, 5.41) is 0. The summed E-state index contributed by atoms with van der Waals surface area (Å²) in [4.78, 5) is 0. The fourth-order valence-electron chi connectivity index (χ4n) is 4.34. The minimum Gasteiger partial charge on any atom is -0.460 e. The second-order valence-electron chi connectivity index (χ2n) is 7.19. The molecular formula is C23H22O. The van der Waals surface area contributed by atoms with Crippen molar-refractivity contribution >= 4 is 0 Å². The highest BCUT2D eigenvalue weighted by molar-refractivity contribution is 5.65. The SMILES string of the molecule is c1ccc(-c2oc([C@H]3C[C@H]3c3ccccc3)c3c2CCCC3)cc1. The largest absolute Gasteiger partial charge is 0.460 e. The maximum absolute atomic E-state index is 6.53. The lowest BCUT2D eigenvalue weighted by Gasteiger charge is -2.12. The Hall–Kier alpha value is -2.28. The highest BCUT2D eigenvalue weighted by atomic mass is 16.3. The zero-order valence-electron chi connectivity index (χ0n) is 13.9. The monoisotopic (exact) mass is 314 g/mol. The van der Waals surface area contributed by atoms with E-state index >= 15 is 0 Å². The fraction of sp³-hybridized carbons (Fsp3) is 0.304. The zero-order valence-corrected chi connectivity index (χ0v) is 13.9. The minimum atomic E-state index is 0.580. The van der Waals surface area contributed by atoms with E-state index in [0.29, 0.717) is 11.8 Å². The standard InChI is InChI=1S/C23H22O/c1-3-9-16(10-4-1)20-15-21(20)23-19-14-8-7-13-18(19)22(24-23)17-11-5-2-6-12-17/h1-6,9-12,20-21H,7-8,13-15H2/t20-,21-/m0/s1. The molecule has 0 N–H and O–H groups in total. The molecule has 2 atom stereocenters. The van der Waals surface area contributed by atoms with E-state index in [4.69, 9.17) is 4.42 Å². The van der Waals surface area contributed by atoms with Crippen molar-refractivity contribution in [3.05, 3.63) is 83.1 Å². The first kappa shape index (κ1) is 14.1. The lowest BCUT2D eigenvalue weighted by atomic mass is 9.89. The van der Waals surface area contributed by atoms with Crippen molar-refractivity contribution in [1.82, 2.24) is 0 Å². The summed E-state index contributed by atoms with van der Waals surface area (Å²) < 4.78 is 6.53. The van der Waals surface area contributed by atoms with Gasteiger partial charge in [-0.2, -0.15) is 0 Å². The van der Waals surface area contributed by atoms with E-state index in [1.165, 1.54) is 60.1 Å². The molecule has 2 aliphatic carbocycles. The summed E-state index contributed by atoms with van der Waals surface area (Å²) in [6, 6.07) is 21.6. The molecule has 1 heteroatoms. The lowest BCUT2D eigenvalue weighted by molar-refractivity contribution is 0.516. The van der Waals surface area contributed by atoms with Crippen LogP contribution in [-0.2, 0) is 12.8 Å². The van der Waals surface area contributed by atoms with E-state index in [1.54, 1.807) is 0 Å². The Morgan fingerprint density at radius 2 is 1.38 bits per heavy atom. The number of fused-ring (bicyclic) bond motifs is 1. The first-order valence-electron chi connectivity index (χ1n) is 9.16. The smallest absolute Gasteiger partial charge is 0.137 e. The van der Waals surface area contributed by atoms with Gasteiger partial charge in [-0.15, -0.1) is 0 Å². The number of rotatable bonds is 3. The molecule has 1 saturated carbocycles. The van der Waals surface area contributed by atoms with Gasteiger partial charge in [0.15, 0.2) is 0 Å². The Balaban J connectivity index is 1.55. The van der Waals surface area contributed by atoms with Crippen LogP contribution in [0.25, 0.3) is 11.3 Å². The molecule has 5 rings (SSSR count). The van der Waals surface area contributed by atoms with E-state index in [9.17, 15) is 0 Å². The summed E-state index contributed by atoms with van der Waals surface area (Å²) in [5.74, 6) is 3.65. The van der Waals surface area contributed by atoms with Crippen LogP contribution in [0, 0.1) is 0 Å². The number of furan rings is 1. The van der Waals surface area contributed by atoms with Crippen LogP contribution in [-0.4, -0.2) is 0 Å². The Kier molecular flexibility index (Phi) is 3.33. The Morgan fingerprint density at radius 1 is 0.708 bits per heavy atom. The van der Waals surface area contributed by atoms with E-state index in [0.717, 1.165) is 5.76 Å². The van der Waals surface area contributed by atoms with Gasteiger partial charge in [-0.3, -0.25) is 0 Å². The molecule has 120 valence electrons. The second-order valence-corrected chi connectivity index (χ2v) is 7.19. The molecule has 2 aliphatic rings. The van der Waals surface area contributed by atoms with Gasteiger partial charge in [-0.1, -0.05) is 60.7 Å². The predicted octanol–water partition coefficient (Wildman–Crippen LogP) is 6.10. The Bertz CT molecular complexity index is 845. The number of hydrogen-bond acceptors (Lipinski definition) is 1. The maximum Gasteiger partial charge on any atom is 0.137 e. The lowest BCUT2D eigenvalue weighted by Crippen LogP contribution is -2.02. The summed E-state index contributed by atoms with van der Waals surface area (Å²) in [6.07, 6.45) is 6.19. The first-order chi connectivity index (χ1) is 11.9. The van der Waals surface area contributed by atoms with Gasteiger partial charge in [-0.05, 0) is 49.1 Å². The van der Waals surface area contributed by atoms with Gasteiger partial charge in [0.1, 0.15) is 11.5 Å². The number of benzene rings is 2. The summed E-state index contributed by atoms with van der Waals surface area (Å²) in [6.45, 7) is 0. The van der Waals surface area contributed by atoms with Gasteiger partial charge in [0.2, 0.25) is 0 Å². The highest BCUT2D eigenvalue weighted by Gasteiger charge is 2.44. The molecule has 1 heterocycles. The molecule has 0 spiro atoms. The maximum atomic E-state index is 6.53. The summed E-state index contributed by atoms with van der Waals surface area (Å²) in [7, 11) is 0. The summed E-state index contributed by atoms with van der Waals surface area (Å²) in [5.41, 5.74) is 5.72. The van der Waals surface area contributed by atoms with Crippen LogP contribution in [0.4, 0.5) is 0 Å². The molecule has 24 heavy (non-hydrogen) atoms. The topological polar surface area (TPSA) is 13.1 Å². The van der Waals surface area contributed by atoms with Gasteiger partial charge in [-0.25, -0.2) is 0 Å². The first-order valence-corrected chi connectivity index (χ1v) is 9.16. The third kappa shape index (κ3) is 2.31. The van der Waals surface area contributed by atoms with Gasteiger partial charge >= 0.3 is 0 Å². The van der Waals surface area contributed by atoms with Gasteiger partial charge < -0.3 is 4.42 Å². The Morgan fingerprint density at radius 3 is 2.12 bits per heavy atom. The fourth-order valence-corrected chi connectivity index (χ4v) is 4.34. The van der Waals surface area contributed by atoms with E-state index in [2.05, 4.69) is 60.7 Å². The molecule has 2 aromatic carbocycles. The van der Waals surface area contributed by atoms with Crippen molar-refractivity contribution in [2.45, 2.75) is 43.9 Å². The van der Waals surface area contributed by atoms with Crippen molar-refractivity contribution < 1.29 is 4.42 Å². The molecule has 0 amide bonds. The molecule has 3 aromatic rings. The van der Waals surface area contributed by atoms with Crippen LogP contribution in [0.5, 0.6) is 0 Å². The van der Waals surface area contributed by atoms with Gasteiger partial charge in [0.25, 0.3) is 0 Å². The minimum absolute atomic E-state index is 0.580. The average molecular weight is 314 g/mol. The average Bonchev–Trinajstić information content (AvgIpc) is 3.37. The van der Waals surface area contributed by atoms with Crippen molar-refractivity contribution in [3.8, 4) is 11.3 Å². The third-order valence-corrected chi connectivity index (χ3v) is 5.64. The molecule has 0 bridgehead atoms. The molecule has 0 saturated heterocycles. The number of hydrogen-bond donors (Lipinski definition) is 0. The molecule has 1 nitrogen and oxygen atoms in total. The van der Waals surface area contributed by atoms with Crippen molar-refractivity contribution in [1.29, 1.82) is 0 Å². The third-order valence-electron chi connectivity index (χ3n) is 5.64. The normalized spacial score (nSPS) is 22.2. The summed E-state index contributed by atoms with van der Waals surface area (Å²) >= 11 is 0. The van der Waals surface area contributed by atoms with Gasteiger partial charge in [0.05, 0.1) is 0 Å². The molecule has 0 aliphatic heterocycles. The molecule has 1 fully saturated rings. The van der Waals surface area contributed by atoms with Crippen molar-refractivity contribution in [3.63, 3.8) is 0 Å². The molecule has 0 radical (unpaired) electrons. The molecule has 1 aromatic heterocycles.